The molecule has 1 heterocycles. The summed E-state index contributed by atoms with van der Waals surface area (Å²) in [6.07, 6.45) is 1.66. The minimum Gasteiger partial charge on any atom is -0.346 e. The summed E-state index contributed by atoms with van der Waals surface area (Å²) in [6.45, 7) is 2.19. The molecule has 0 aliphatic heterocycles. The van der Waals surface area contributed by atoms with Crippen LogP contribution in [-0.2, 0) is 16.6 Å². The smallest absolute Gasteiger partial charge is 0.261 e. The Hall–Kier alpha value is -3.19. The number of carbonyl (C=O) groups is 1. The van der Waals surface area contributed by atoms with Crippen molar-refractivity contribution < 1.29 is 13.2 Å². The highest BCUT2D eigenvalue weighted by Crippen LogP contribution is 2.17. The van der Waals surface area contributed by atoms with Crippen molar-refractivity contribution in [1.82, 2.24) is 10.3 Å². The van der Waals surface area contributed by atoms with Gasteiger partial charge in [0.25, 0.3) is 15.9 Å². The van der Waals surface area contributed by atoms with Gasteiger partial charge in [0, 0.05) is 17.4 Å². The van der Waals surface area contributed by atoms with Crippen molar-refractivity contribution in [2.45, 2.75) is 18.4 Å². The molecule has 27 heavy (non-hydrogen) atoms. The minimum atomic E-state index is -3.72. The number of sulfonamides is 1. The van der Waals surface area contributed by atoms with Gasteiger partial charge >= 0.3 is 0 Å². The number of hydrogen-bond acceptors (Lipinski definition) is 4. The molecule has 1 amide bonds. The second-order valence-electron chi connectivity index (χ2n) is 6.00. The zero-order valence-corrected chi connectivity index (χ0v) is 15.5. The Morgan fingerprint density at radius 3 is 2.44 bits per heavy atom. The lowest BCUT2D eigenvalue weighted by Gasteiger charge is -2.09. The van der Waals surface area contributed by atoms with E-state index in [1.165, 1.54) is 24.3 Å². The zero-order chi connectivity index (χ0) is 19.3. The summed E-state index contributed by atoms with van der Waals surface area (Å²) in [5.74, 6) is -0.295. The number of aromatic nitrogens is 1. The minimum absolute atomic E-state index is 0.0882. The first-order valence-corrected chi connectivity index (χ1v) is 9.80. The van der Waals surface area contributed by atoms with Gasteiger partial charge in [-0.2, -0.15) is 0 Å². The molecule has 0 aliphatic carbocycles. The average Bonchev–Trinajstić information content (AvgIpc) is 2.67. The molecule has 0 fully saturated rings. The van der Waals surface area contributed by atoms with E-state index in [0.717, 1.165) is 11.3 Å². The fraction of sp³-hybridized carbons (Fsp3) is 0.100. The topological polar surface area (TPSA) is 88.2 Å². The predicted molar refractivity (Wildman–Crippen MR) is 104 cm³/mol. The molecule has 0 saturated carbocycles. The van der Waals surface area contributed by atoms with Crippen molar-refractivity contribution in [2.24, 2.45) is 0 Å². The van der Waals surface area contributed by atoms with Crippen LogP contribution in [0.15, 0.2) is 77.8 Å². The fourth-order valence-corrected chi connectivity index (χ4v) is 3.53. The van der Waals surface area contributed by atoms with Gasteiger partial charge in [0.05, 0.1) is 17.1 Å². The van der Waals surface area contributed by atoms with E-state index < -0.39 is 10.0 Å². The van der Waals surface area contributed by atoms with Crippen LogP contribution in [0.2, 0.25) is 0 Å². The van der Waals surface area contributed by atoms with Crippen LogP contribution in [0.25, 0.3) is 0 Å². The molecule has 0 unspecified atom stereocenters. The second kappa shape index (κ2) is 8.01. The van der Waals surface area contributed by atoms with Gasteiger partial charge in [-0.15, -0.1) is 0 Å². The summed E-state index contributed by atoms with van der Waals surface area (Å²) in [7, 11) is -3.72. The normalized spacial score (nSPS) is 11.0. The van der Waals surface area contributed by atoms with Crippen LogP contribution in [0.5, 0.6) is 0 Å². The van der Waals surface area contributed by atoms with Crippen molar-refractivity contribution in [2.75, 3.05) is 4.72 Å². The van der Waals surface area contributed by atoms with Gasteiger partial charge in [-0.05, 0) is 61.0 Å². The zero-order valence-electron chi connectivity index (χ0n) is 14.7. The van der Waals surface area contributed by atoms with Crippen molar-refractivity contribution in [3.05, 3.63) is 89.7 Å². The maximum absolute atomic E-state index is 12.5. The Morgan fingerprint density at radius 2 is 1.78 bits per heavy atom. The van der Waals surface area contributed by atoms with Crippen LogP contribution in [0, 0.1) is 6.92 Å². The Bertz CT molecular complexity index is 1030. The summed E-state index contributed by atoms with van der Waals surface area (Å²) in [6, 6.07) is 18.3. The van der Waals surface area contributed by atoms with Crippen LogP contribution < -0.4 is 10.0 Å². The molecule has 138 valence electrons. The summed E-state index contributed by atoms with van der Waals surface area (Å²) >= 11 is 0. The number of pyridine rings is 1. The molecule has 2 N–H and O–H groups in total. The Labute approximate surface area is 158 Å². The van der Waals surface area contributed by atoms with Gasteiger partial charge in [-0.3, -0.25) is 14.5 Å². The van der Waals surface area contributed by atoms with Crippen LogP contribution >= 0.6 is 0 Å². The van der Waals surface area contributed by atoms with E-state index in [9.17, 15) is 13.2 Å². The van der Waals surface area contributed by atoms with E-state index in [1.54, 1.807) is 30.5 Å². The lowest BCUT2D eigenvalue weighted by Crippen LogP contribution is -2.23. The molecule has 2 aromatic carbocycles. The molecule has 0 atom stereocenters. The lowest BCUT2D eigenvalue weighted by molar-refractivity contribution is 0.0950. The quantitative estimate of drug-likeness (QED) is 0.687. The molecule has 6 nitrogen and oxygen atoms in total. The van der Waals surface area contributed by atoms with E-state index in [0.29, 0.717) is 17.8 Å². The summed E-state index contributed by atoms with van der Waals surface area (Å²) in [5, 5.41) is 2.75. The van der Waals surface area contributed by atoms with Gasteiger partial charge < -0.3 is 5.32 Å². The number of nitrogens with one attached hydrogen (secondary N) is 2. The van der Waals surface area contributed by atoms with E-state index in [2.05, 4.69) is 15.0 Å². The molecular weight excluding hydrogens is 362 g/mol. The highest BCUT2D eigenvalue weighted by molar-refractivity contribution is 7.92. The molecule has 0 spiro atoms. The van der Waals surface area contributed by atoms with E-state index in [1.807, 2.05) is 25.1 Å². The van der Waals surface area contributed by atoms with Crippen molar-refractivity contribution >= 4 is 21.6 Å². The number of benzene rings is 2. The largest absolute Gasteiger partial charge is 0.346 e. The van der Waals surface area contributed by atoms with Crippen molar-refractivity contribution in [1.29, 1.82) is 0 Å². The Kier molecular flexibility index (Phi) is 5.52. The average molecular weight is 381 g/mol. The van der Waals surface area contributed by atoms with Crippen LogP contribution in [-0.4, -0.2) is 19.3 Å². The molecule has 3 aromatic rings. The first-order valence-electron chi connectivity index (χ1n) is 8.32. The van der Waals surface area contributed by atoms with E-state index in [-0.39, 0.29) is 10.8 Å². The van der Waals surface area contributed by atoms with E-state index >= 15 is 0 Å². The fourth-order valence-electron chi connectivity index (χ4n) is 2.48. The first-order chi connectivity index (χ1) is 12.9. The lowest BCUT2D eigenvalue weighted by atomic mass is 10.2. The van der Waals surface area contributed by atoms with Crippen molar-refractivity contribution in [3.63, 3.8) is 0 Å². The third-order valence-corrected chi connectivity index (χ3v) is 5.25. The molecule has 1 aromatic heterocycles. The number of carbonyl (C=O) groups excluding carboxylic acids is 1. The molecule has 0 bridgehead atoms. The third-order valence-electron chi connectivity index (χ3n) is 3.85. The standard InChI is InChI=1S/C20H19N3O3S/c1-15-5-4-7-17(13-15)23-27(25,26)19-10-8-16(9-11-19)20(24)22-14-18-6-2-3-12-21-18/h2-13,23H,14H2,1H3,(H,22,24). The highest BCUT2D eigenvalue weighted by Gasteiger charge is 2.15. The number of hydrogen-bond donors (Lipinski definition) is 2. The number of nitrogens with zero attached hydrogens (tertiary/aromatic N) is 1. The van der Waals surface area contributed by atoms with Gasteiger partial charge in [0.2, 0.25) is 0 Å². The number of aryl methyl sites for hydroxylation is 1. The molecular formula is C20H19N3O3S. The highest BCUT2D eigenvalue weighted by atomic mass is 32.2. The number of amides is 1. The first kappa shape index (κ1) is 18.6. The van der Waals surface area contributed by atoms with Gasteiger partial charge in [-0.25, -0.2) is 8.42 Å². The summed E-state index contributed by atoms with van der Waals surface area (Å²) in [4.78, 5) is 16.4. The Morgan fingerprint density at radius 1 is 1.00 bits per heavy atom. The monoisotopic (exact) mass is 381 g/mol. The molecule has 0 aliphatic rings. The molecule has 7 heteroatoms. The molecule has 0 saturated heterocycles. The second-order valence-corrected chi connectivity index (χ2v) is 7.69. The van der Waals surface area contributed by atoms with Crippen LogP contribution in [0.4, 0.5) is 5.69 Å². The predicted octanol–water partition coefficient (Wildman–Crippen LogP) is 3.12. The Balaban J connectivity index is 1.67. The molecule has 3 rings (SSSR count). The summed E-state index contributed by atoms with van der Waals surface area (Å²) in [5.41, 5.74) is 2.56. The van der Waals surface area contributed by atoms with Crippen molar-refractivity contribution in [3.8, 4) is 0 Å². The maximum Gasteiger partial charge on any atom is 0.261 e. The number of rotatable bonds is 6. The maximum atomic E-state index is 12.5. The van der Waals surface area contributed by atoms with Gasteiger partial charge in [0.1, 0.15) is 0 Å². The number of anilines is 1. The third kappa shape index (κ3) is 4.92. The molecule has 0 radical (unpaired) electrons. The van der Waals surface area contributed by atoms with Crippen LogP contribution in [0.3, 0.4) is 0 Å². The SMILES string of the molecule is Cc1cccc(NS(=O)(=O)c2ccc(C(=O)NCc3ccccn3)cc2)c1. The van der Waals surface area contributed by atoms with E-state index in [4.69, 9.17) is 0 Å². The summed E-state index contributed by atoms with van der Waals surface area (Å²) < 4.78 is 27.5. The van der Waals surface area contributed by atoms with Crippen LogP contribution in [0.1, 0.15) is 21.6 Å². The van der Waals surface area contributed by atoms with Gasteiger partial charge in [-0.1, -0.05) is 18.2 Å². The van der Waals surface area contributed by atoms with Gasteiger partial charge in [0.15, 0.2) is 0 Å².